The Morgan fingerprint density at radius 2 is 1.78 bits per heavy atom. The predicted octanol–water partition coefficient (Wildman–Crippen LogP) is 0.0820. The summed E-state index contributed by atoms with van der Waals surface area (Å²) >= 11 is 0. The van der Waals surface area contributed by atoms with E-state index in [2.05, 4.69) is 5.43 Å². The molecule has 1 aromatic carbocycles. The van der Waals surface area contributed by atoms with Crippen LogP contribution in [-0.2, 0) is 16.2 Å². The van der Waals surface area contributed by atoms with E-state index in [4.69, 9.17) is 4.84 Å². The molecule has 0 unspecified atom stereocenters. The van der Waals surface area contributed by atoms with Crippen LogP contribution < -0.4 is 16.6 Å². The third-order valence-corrected chi connectivity index (χ3v) is 3.47. The van der Waals surface area contributed by atoms with Crippen molar-refractivity contribution in [1.82, 2.24) is 20.5 Å². The number of nitrogens with zero attached hydrogens (tertiary/aromatic N) is 2. The molecule has 0 bridgehead atoms. The van der Waals surface area contributed by atoms with Crippen LogP contribution in [0, 0.1) is 5.82 Å². The quantitative estimate of drug-likeness (QED) is 0.691. The minimum Gasteiger partial charge on any atom is -0.347 e. The number of carbonyl (C=O) groups excluding carboxylic acids is 3. The monoisotopic (exact) mass is 376 g/mol. The molecule has 0 radical (unpaired) electrons. The normalized spacial score (nSPS) is 10.2. The van der Waals surface area contributed by atoms with Gasteiger partial charge in [0.15, 0.2) is 0 Å². The number of rotatable bonds is 6. The zero-order valence-electron chi connectivity index (χ0n) is 14.6. The van der Waals surface area contributed by atoms with Gasteiger partial charge in [0.05, 0.1) is 0 Å². The highest BCUT2D eigenvalue weighted by atomic mass is 19.1. The number of hydrogen-bond donors (Lipinski definition) is 2. The summed E-state index contributed by atoms with van der Waals surface area (Å²) in [7, 11) is 3.03. The van der Waals surface area contributed by atoms with E-state index in [1.807, 2.05) is 5.59 Å². The maximum absolute atomic E-state index is 12.8. The first-order valence-corrected chi connectivity index (χ1v) is 7.71. The summed E-state index contributed by atoms with van der Waals surface area (Å²) in [4.78, 5) is 53.8. The van der Waals surface area contributed by atoms with E-state index in [1.165, 1.54) is 49.3 Å². The molecule has 2 rings (SSSR count). The van der Waals surface area contributed by atoms with Gasteiger partial charge in [0, 0.05) is 25.7 Å². The lowest BCUT2D eigenvalue weighted by Gasteiger charge is -2.14. The maximum atomic E-state index is 12.8. The Bertz CT molecular complexity index is 908. The summed E-state index contributed by atoms with van der Waals surface area (Å²) in [6.07, 6.45) is 0. The Labute approximate surface area is 153 Å². The van der Waals surface area contributed by atoms with Crippen molar-refractivity contribution >= 4 is 17.8 Å². The molecule has 1 heterocycles. The molecule has 10 heteroatoms. The second-order valence-electron chi connectivity index (χ2n) is 5.58. The van der Waals surface area contributed by atoms with Gasteiger partial charge < -0.3 is 9.74 Å². The van der Waals surface area contributed by atoms with Crippen molar-refractivity contribution < 1.29 is 23.6 Å². The lowest BCUT2D eigenvalue weighted by molar-refractivity contribution is -0.129. The summed E-state index contributed by atoms with van der Waals surface area (Å²) in [5, 5.41) is 0. The van der Waals surface area contributed by atoms with Crippen LogP contribution in [0.15, 0.2) is 47.3 Å². The molecule has 1 aromatic heterocycles. The number of likely N-dealkylation sites (N-methyl/N-ethyl adjacent to an activating group) is 1. The highest BCUT2D eigenvalue weighted by molar-refractivity contribution is 5.94. The first kappa shape index (κ1) is 19.8. The Morgan fingerprint density at radius 3 is 2.41 bits per heavy atom. The van der Waals surface area contributed by atoms with Crippen LogP contribution in [0.1, 0.15) is 20.8 Å². The van der Waals surface area contributed by atoms with Crippen molar-refractivity contribution in [3.8, 4) is 0 Å². The SMILES string of the molecule is CN(C)C(=O)Cn1c(C(=O)ONNC(=O)c2ccc(F)cc2)cccc1=O. The summed E-state index contributed by atoms with van der Waals surface area (Å²) in [5.41, 5.74) is 3.45. The molecule has 27 heavy (non-hydrogen) atoms. The first-order chi connectivity index (χ1) is 12.8. The van der Waals surface area contributed by atoms with Gasteiger partial charge in [0.25, 0.3) is 11.5 Å². The van der Waals surface area contributed by atoms with Crippen LogP contribution >= 0.6 is 0 Å². The van der Waals surface area contributed by atoms with Crippen LogP contribution in [0.4, 0.5) is 4.39 Å². The van der Waals surface area contributed by atoms with Crippen molar-refractivity contribution in [2.45, 2.75) is 6.54 Å². The van der Waals surface area contributed by atoms with Gasteiger partial charge in [-0.3, -0.25) is 24.4 Å². The third kappa shape index (κ3) is 5.22. The average molecular weight is 376 g/mol. The zero-order valence-corrected chi connectivity index (χ0v) is 14.6. The Balaban J connectivity index is 2.02. The molecule has 2 N–H and O–H groups in total. The molecule has 0 aliphatic heterocycles. The van der Waals surface area contributed by atoms with Crippen LogP contribution in [0.3, 0.4) is 0 Å². The largest absolute Gasteiger partial charge is 0.375 e. The molecule has 0 aliphatic rings. The number of benzene rings is 1. The summed E-state index contributed by atoms with van der Waals surface area (Å²) in [5.74, 6) is -2.55. The highest BCUT2D eigenvalue weighted by Crippen LogP contribution is 2.02. The number of pyridine rings is 1. The van der Waals surface area contributed by atoms with E-state index in [0.717, 1.165) is 16.7 Å². The van der Waals surface area contributed by atoms with Gasteiger partial charge in [-0.1, -0.05) is 11.7 Å². The van der Waals surface area contributed by atoms with Gasteiger partial charge in [0.2, 0.25) is 5.91 Å². The molecule has 0 spiro atoms. The van der Waals surface area contributed by atoms with Crippen LogP contribution in [0.25, 0.3) is 0 Å². The summed E-state index contributed by atoms with van der Waals surface area (Å²) in [6, 6.07) is 8.54. The minimum atomic E-state index is -0.987. The lowest BCUT2D eigenvalue weighted by atomic mass is 10.2. The average Bonchev–Trinajstić information content (AvgIpc) is 2.63. The molecule has 0 fully saturated rings. The molecule has 142 valence electrons. The van der Waals surface area contributed by atoms with Crippen molar-refractivity contribution in [2.75, 3.05) is 14.1 Å². The zero-order chi connectivity index (χ0) is 20.0. The number of aromatic nitrogens is 1. The lowest BCUT2D eigenvalue weighted by Crippen LogP contribution is -2.40. The van der Waals surface area contributed by atoms with Gasteiger partial charge in [-0.25, -0.2) is 9.18 Å². The number of amides is 2. The summed E-state index contributed by atoms with van der Waals surface area (Å²) < 4.78 is 13.8. The number of hydrogen-bond acceptors (Lipinski definition) is 6. The van der Waals surface area contributed by atoms with Crippen molar-refractivity contribution in [1.29, 1.82) is 0 Å². The number of carbonyl (C=O) groups is 3. The van der Waals surface area contributed by atoms with Crippen molar-refractivity contribution in [3.63, 3.8) is 0 Å². The van der Waals surface area contributed by atoms with Crippen LogP contribution in [0.2, 0.25) is 0 Å². The molecular formula is C17H17FN4O5. The Hall–Kier alpha value is -3.53. The molecule has 0 aliphatic carbocycles. The second-order valence-corrected chi connectivity index (χ2v) is 5.58. The van der Waals surface area contributed by atoms with E-state index in [9.17, 15) is 23.6 Å². The van der Waals surface area contributed by atoms with E-state index in [-0.39, 0.29) is 17.8 Å². The minimum absolute atomic E-state index is 0.133. The fourth-order valence-corrected chi connectivity index (χ4v) is 1.98. The fraction of sp³-hybridized carbons (Fsp3) is 0.176. The van der Waals surface area contributed by atoms with Crippen molar-refractivity contribution in [3.05, 3.63) is 69.9 Å². The van der Waals surface area contributed by atoms with Gasteiger partial charge >= 0.3 is 5.97 Å². The summed E-state index contributed by atoms with van der Waals surface area (Å²) in [6.45, 7) is -0.348. The Kier molecular flexibility index (Phi) is 6.39. The smallest absolute Gasteiger partial charge is 0.347 e. The number of nitrogens with one attached hydrogen (secondary N) is 2. The van der Waals surface area contributed by atoms with Gasteiger partial charge in [-0.15, -0.1) is 0 Å². The molecular weight excluding hydrogens is 359 g/mol. The second kappa shape index (κ2) is 8.72. The Morgan fingerprint density at radius 1 is 1.11 bits per heavy atom. The van der Waals surface area contributed by atoms with Gasteiger partial charge in [-0.05, 0) is 30.3 Å². The van der Waals surface area contributed by atoms with E-state index in [0.29, 0.717) is 0 Å². The third-order valence-electron chi connectivity index (χ3n) is 3.47. The number of hydrazine groups is 1. The van der Waals surface area contributed by atoms with E-state index in [1.54, 1.807) is 0 Å². The number of halogens is 1. The van der Waals surface area contributed by atoms with E-state index < -0.39 is 29.2 Å². The molecule has 0 atom stereocenters. The molecule has 2 amide bonds. The standard InChI is InChI=1S/C17H17FN4O5/c1-21(2)15(24)10-22-13(4-3-5-14(22)23)17(26)27-20-19-16(25)11-6-8-12(18)9-7-11/h3-9,20H,10H2,1-2H3,(H,19,25). The molecule has 9 nitrogen and oxygen atoms in total. The first-order valence-electron chi connectivity index (χ1n) is 7.71. The van der Waals surface area contributed by atoms with E-state index >= 15 is 0 Å². The predicted molar refractivity (Wildman–Crippen MR) is 91.8 cm³/mol. The van der Waals surface area contributed by atoms with Gasteiger partial charge in [-0.2, -0.15) is 0 Å². The molecule has 0 saturated carbocycles. The molecule has 2 aromatic rings. The highest BCUT2D eigenvalue weighted by Gasteiger charge is 2.17. The maximum Gasteiger partial charge on any atom is 0.375 e. The topological polar surface area (TPSA) is 110 Å². The van der Waals surface area contributed by atoms with Gasteiger partial charge in [0.1, 0.15) is 18.1 Å². The van der Waals surface area contributed by atoms with Crippen molar-refractivity contribution in [2.24, 2.45) is 0 Å². The fourth-order valence-electron chi connectivity index (χ4n) is 1.98. The van der Waals surface area contributed by atoms with Crippen LogP contribution in [-0.4, -0.2) is 41.3 Å². The van der Waals surface area contributed by atoms with Crippen LogP contribution in [0.5, 0.6) is 0 Å². The molecule has 0 saturated heterocycles.